The lowest BCUT2D eigenvalue weighted by Gasteiger charge is -2.42. The van der Waals surface area contributed by atoms with Gasteiger partial charge < -0.3 is 47.7 Å². The van der Waals surface area contributed by atoms with Crippen molar-refractivity contribution in [3.05, 3.63) is 0 Å². The predicted octanol–water partition coefficient (Wildman–Crippen LogP) is -1.27. The molecule has 0 saturated carbocycles. The highest BCUT2D eigenvalue weighted by atomic mass is 16.5. The number of ether oxygens (including phenoxy) is 1. The SMILES string of the molecule is CO[C@H]1CCCN(C(=O)[C@H](CCC(=O)O)NC(=O)[C@@H](N)CC(C)C)[C@H]1CC(=O)N[C@@H](CCCN=C(N)N)C(=O)O. The number of nitrogens with two attached hydrogens (primary N) is 3. The topological polar surface area (TPSA) is 253 Å². The van der Waals surface area contributed by atoms with Gasteiger partial charge in [-0.25, -0.2) is 4.79 Å². The number of hydrogen-bond donors (Lipinski definition) is 7. The molecule has 0 spiro atoms. The van der Waals surface area contributed by atoms with Crippen molar-refractivity contribution in [2.45, 2.75) is 95.5 Å². The van der Waals surface area contributed by atoms with Gasteiger partial charge in [-0.05, 0) is 44.4 Å². The highest BCUT2D eigenvalue weighted by Gasteiger charge is 2.39. The number of carboxylic acid groups (broad SMARTS) is 2. The second-order valence-corrected chi connectivity index (χ2v) is 10.4. The number of carbonyl (C=O) groups excluding carboxylic acids is 3. The third kappa shape index (κ3) is 12.2. The number of likely N-dealkylation sites (tertiary alicyclic amines) is 1. The van der Waals surface area contributed by atoms with Crippen LogP contribution in [0.25, 0.3) is 0 Å². The molecular weight excluding hydrogens is 526 g/mol. The number of piperidine rings is 1. The molecule has 1 fully saturated rings. The number of nitrogens with one attached hydrogen (secondary N) is 2. The lowest BCUT2D eigenvalue weighted by molar-refractivity contribution is -0.148. The average molecular weight is 572 g/mol. The van der Waals surface area contributed by atoms with Crippen molar-refractivity contribution in [3.63, 3.8) is 0 Å². The second kappa shape index (κ2) is 17.3. The molecule has 40 heavy (non-hydrogen) atoms. The van der Waals surface area contributed by atoms with Crippen LogP contribution in [0.1, 0.15) is 65.2 Å². The van der Waals surface area contributed by atoms with E-state index in [1.807, 2.05) is 13.8 Å². The lowest BCUT2D eigenvalue weighted by Crippen LogP contribution is -2.59. The van der Waals surface area contributed by atoms with E-state index in [1.54, 1.807) is 0 Å². The van der Waals surface area contributed by atoms with Gasteiger partial charge in [-0.2, -0.15) is 0 Å². The molecule has 1 saturated heterocycles. The summed E-state index contributed by atoms with van der Waals surface area (Å²) in [6.45, 7) is 4.23. The summed E-state index contributed by atoms with van der Waals surface area (Å²) in [6, 6.07) is -4.02. The summed E-state index contributed by atoms with van der Waals surface area (Å²) in [7, 11) is 1.45. The molecule has 10 N–H and O–H groups in total. The Morgan fingerprint density at radius 2 is 1.75 bits per heavy atom. The van der Waals surface area contributed by atoms with E-state index in [-0.39, 0.29) is 50.7 Å². The van der Waals surface area contributed by atoms with Crippen LogP contribution in [0.15, 0.2) is 4.99 Å². The Bertz CT molecular complexity index is 910. The molecule has 0 unspecified atom stereocenters. The Hall–Kier alpha value is -3.46. The van der Waals surface area contributed by atoms with Gasteiger partial charge in [0.05, 0.1) is 18.2 Å². The first kappa shape index (κ1) is 34.6. The molecule has 3 amide bonds. The highest BCUT2D eigenvalue weighted by molar-refractivity contribution is 5.91. The molecule has 1 aliphatic heterocycles. The van der Waals surface area contributed by atoms with Crippen LogP contribution in [-0.2, 0) is 28.7 Å². The number of aliphatic carboxylic acids is 2. The zero-order valence-corrected chi connectivity index (χ0v) is 23.5. The van der Waals surface area contributed by atoms with Crippen molar-refractivity contribution in [2.24, 2.45) is 28.1 Å². The first-order valence-electron chi connectivity index (χ1n) is 13.4. The van der Waals surface area contributed by atoms with Gasteiger partial charge in [0.2, 0.25) is 17.7 Å². The highest BCUT2D eigenvalue weighted by Crippen LogP contribution is 2.24. The minimum atomic E-state index is -1.23. The van der Waals surface area contributed by atoms with Crippen molar-refractivity contribution < 1.29 is 38.9 Å². The number of hydrogen-bond acceptors (Lipinski definition) is 8. The maximum atomic E-state index is 13.7. The Morgan fingerprint density at radius 1 is 1.07 bits per heavy atom. The molecule has 0 radical (unpaired) electrons. The third-order valence-corrected chi connectivity index (χ3v) is 6.60. The molecule has 0 aliphatic carbocycles. The van der Waals surface area contributed by atoms with Crippen LogP contribution in [0.3, 0.4) is 0 Å². The van der Waals surface area contributed by atoms with E-state index in [0.29, 0.717) is 25.7 Å². The molecule has 0 aromatic rings. The van der Waals surface area contributed by atoms with Crippen molar-refractivity contribution in [1.29, 1.82) is 0 Å². The number of carboxylic acids is 2. The molecule has 1 heterocycles. The summed E-state index contributed by atoms with van der Waals surface area (Å²) < 4.78 is 5.55. The van der Waals surface area contributed by atoms with Gasteiger partial charge in [0.25, 0.3) is 0 Å². The van der Waals surface area contributed by atoms with Gasteiger partial charge in [0, 0.05) is 33.0 Å². The van der Waals surface area contributed by atoms with Crippen molar-refractivity contribution in [3.8, 4) is 0 Å². The molecule has 1 rings (SSSR count). The summed E-state index contributed by atoms with van der Waals surface area (Å²) in [6.07, 6.45) is 0.539. The first-order chi connectivity index (χ1) is 18.8. The maximum absolute atomic E-state index is 13.7. The van der Waals surface area contributed by atoms with Gasteiger partial charge in [-0.1, -0.05) is 13.8 Å². The summed E-state index contributed by atoms with van der Waals surface area (Å²) in [5, 5.41) is 23.8. The van der Waals surface area contributed by atoms with Crippen LogP contribution in [0.5, 0.6) is 0 Å². The van der Waals surface area contributed by atoms with Crippen LogP contribution in [0.2, 0.25) is 0 Å². The molecule has 5 atom stereocenters. The molecular formula is C25H45N7O8. The molecule has 15 nitrogen and oxygen atoms in total. The Labute approximate surface area is 234 Å². The fourth-order valence-corrected chi connectivity index (χ4v) is 4.64. The smallest absolute Gasteiger partial charge is 0.326 e. The van der Waals surface area contributed by atoms with E-state index < -0.39 is 59.9 Å². The van der Waals surface area contributed by atoms with Crippen LogP contribution in [-0.4, -0.2) is 101 Å². The van der Waals surface area contributed by atoms with Crippen molar-refractivity contribution >= 4 is 35.6 Å². The van der Waals surface area contributed by atoms with Crippen molar-refractivity contribution in [2.75, 3.05) is 20.2 Å². The fourth-order valence-electron chi connectivity index (χ4n) is 4.64. The van der Waals surface area contributed by atoms with E-state index in [2.05, 4.69) is 15.6 Å². The van der Waals surface area contributed by atoms with Gasteiger partial charge in [-0.3, -0.25) is 24.2 Å². The normalized spacial score (nSPS) is 19.3. The van der Waals surface area contributed by atoms with E-state index in [4.69, 9.17) is 21.9 Å². The monoisotopic (exact) mass is 571 g/mol. The van der Waals surface area contributed by atoms with Crippen LogP contribution >= 0.6 is 0 Å². The minimum absolute atomic E-state index is 0.0821. The number of guanidine groups is 1. The molecule has 0 aromatic heterocycles. The van der Waals surface area contributed by atoms with Gasteiger partial charge in [0.1, 0.15) is 12.1 Å². The number of amides is 3. The zero-order valence-electron chi connectivity index (χ0n) is 23.5. The fraction of sp³-hybridized carbons (Fsp3) is 0.760. The summed E-state index contributed by atoms with van der Waals surface area (Å²) in [5.74, 6) is -4.10. The van der Waals surface area contributed by atoms with E-state index in [1.165, 1.54) is 12.0 Å². The Kier molecular flexibility index (Phi) is 14.9. The van der Waals surface area contributed by atoms with E-state index >= 15 is 0 Å². The maximum Gasteiger partial charge on any atom is 0.326 e. The Morgan fingerprint density at radius 3 is 2.30 bits per heavy atom. The Balaban J connectivity index is 3.07. The predicted molar refractivity (Wildman–Crippen MR) is 146 cm³/mol. The molecule has 15 heteroatoms. The van der Waals surface area contributed by atoms with Gasteiger partial charge >= 0.3 is 11.9 Å². The van der Waals surface area contributed by atoms with E-state index in [9.17, 15) is 34.2 Å². The quantitative estimate of drug-likeness (QED) is 0.0615. The van der Waals surface area contributed by atoms with Crippen LogP contribution < -0.4 is 27.8 Å². The average Bonchev–Trinajstić information content (AvgIpc) is 2.86. The summed E-state index contributed by atoms with van der Waals surface area (Å²) in [4.78, 5) is 67.5. The number of aliphatic imine (C=N–C) groups is 1. The molecule has 1 aliphatic rings. The van der Waals surface area contributed by atoms with E-state index in [0.717, 1.165) is 0 Å². The zero-order chi connectivity index (χ0) is 30.4. The second-order valence-electron chi connectivity index (χ2n) is 10.4. The lowest BCUT2D eigenvalue weighted by atomic mass is 9.93. The van der Waals surface area contributed by atoms with Crippen LogP contribution in [0.4, 0.5) is 0 Å². The van der Waals surface area contributed by atoms with Gasteiger partial charge in [0.15, 0.2) is 5.96 Å². The molecule has 0 aromatic carbocycles. The number of rotatable bonds is 17. The number of carbonyl (C=O) groups is 5. The summed E-state index contributed by atoms with van der Waals surface area (Å²) in [5.41, 5.74) is 16.5. The van der Waals surface area contributed by atoms with Crippen molar-refractivity contribution in [1.82, 2.24) is 15.5 Å². The van der Waals surface area contributed by atoms with Crippen LogP contribution in [0, 0.1) is 5.92 Å². The summed E-state index contributed by atoms with van der Waals surface area (Å²) >= 11 is 0. The van der Waals surface area contributed by atoms with Gasteiger partial charge in [-0.15, -0.1) is 0 Å². The molecule has 228 valence electrons. The number of methoxy groups -OCH3 is 1. The number of nitrogens with zero attached hydrogens (tertiary/aromatic N) is 2. The minimum Gasteiger partial charge on any atom is -0.481 e. The first-order valence-corrected chi connectivity index (χ1v) is 13.4. The molecule has 0 bridgehead atoms. The third-order valence-electron chi connectivity index (χ3n) is 6.60. The standard InChI is InChI=1S/C25H45N7O8/c1-14(2)12-15(26)22(36)31-16(8-9-21(34)35)23(37)32-11-5-7-19(40-3)18(32)13-20(33)30-17(24(38)39)6-4-10-29-25(27)28/h14-19H,4-13,26H2,1-3H3,(H,30,33)(H,31,36)(H,34,35)(H,38,39)(H4,27,28,29)/t15-,16-,17-,18-,19-/m0/s1. The largest absolute Gasteiger partial charge is 0.481 e.